The second-order valence-corrected chi connectivity index (χ2v) is 5.28. The Balaban J connectivity index is 1.65. The van der Waals surface area contributed by atoms with Gasteiger partial charge in [-0.1, -0.05) is 23.8 Å². The minimum Gasteiger partial charge on any atom is -0.489 e. The van der Waals surface area contributed by atoms with Gasteiger partial charge in [0.2, 0.25) is 0 Å². The average molecular weight is 272 g/mol. The molecule has 0 amide bonds. The summed E-state index contributed by atoms with van der Waals surface area (Å²) in [6.45, 7) is 4.40. The SMILES string of the molecule is Cc1ccc2c(c1)CC(COc1cc(F)ccc1C)O2. The zero-order chi connectivity index (χ0) is 14.1. The lowest BCUT2D eigenvalue weighted by Crippen LogP contribution is -2.22. The van der Waals surface area contributed by atoms with Gasteiger partial charge in [-0.3, -0.25) is 0 Å². The summed E-state index contributed by atoms with van der Waals surface area (Å²) in [4.78, 5) is 0. The predicted molar refractivity (Wildman–Crippen MR) is 75.9 cm³/mol. The van der Waals surface area contributed by atoms with Gasteiger partial charge in [0.05, 0.1) is 0 Å². The first-order chi connectivity index (χ1) is 9.61. The summed E-state index contributed by atoms with van der Waals surface area (Å²) in [6, 6.07) is 10.8. The van der Waals surface area contributed by atoms with E-state index in [1.165, 1.54) is 23.3 Å². The van der Waals surface area contributed by atoms with Crippen molar-refractivity contribution in [2.75, 3.05) is 6.61 Å². The molecular formula is C17H17FO2. The van der Waals surface area contributed by atoms with Crippen LogP contribution in [0.3, 0.4) is 0 Å². The van der Waals surface area contributed by atoms with Crippen molar-refractivity contribution in [1.82, 2.24) is 0 Å². The maximum Gasteiger partial charge on any atom is 0.137 e. The highest BCUT2D eigenvalue weighted by Gasteiger charge is 2.23. The summed E-state index contributed by atoms with van der Waals surface area (Å²) in [5, 5.41) is 0. The van der Waals surface area contributed by atoms with E-state index in [2.05, 4.69) is 13.0 Å². The fourth-order valence-corrected chi connectivity index (χ4v) is 2.45. The molecule has 2 nitrogen and oxygen atoms in total. The molecule has 20 heavy (non-hydrogen) atoms. The van der Waals surface area contributed by atoms with E-state index >= 15 is 0 Å². The lowest BCUT2D eigenvalue weighted by Gasteiger charge is -2.14. The van der Waals surface area contributed by atoms with Crippen LogP contribution in [0, 0.1) is 19.7 Å². The summed E-state index contributed by atoms with van der Waals surface area (Å²) in [6.07, 6.45) is 0.834. The van der Waals surface area contributed by atoms with E-state index in [4.69, 9.17) is 9.47 Å². The molecule has 0 fully saturated rings. The molecule has 0 saturated heterocycles. The summed E-state index contributed by atoms with van der Waals surface area (Å²) >= 11 is 0. The normalized spacial score (nSPS) is 16.6. The van der Waals surface area contributed by atoms with Gasteiger partial charge < -0.3 is 9.47 Å². The van der Waals surface area contributed by atoms with Gasteiger partial charge in [0.1, 0.15) is 30.0 Å². The topological polar surface area (TPSA) is 18.5 Å². The van der Waals surface area contributed by atoms with Crippen molar-refractivity contribution >= 4 is 0 Å². The van der Waals surface area contributed by atoms with Gasteiger partial charge in [-0.15, -0.1) is 0 Å². The smallest absolute Gasteiger partial charge is 0.137 e. The first-order valence-corrected chi connectivity index (χ1v) is 6.77. The predicted octanol–water partition coefficient (Wildman–Crippen LogP) is 3.83. The molecule has 0 saturated carbocycles. The van der Waals surface area contributed by atoms with Crippen LogP contribution in [0.2, 0.25) is 0 Å². The molecule has 0 aromatic heterocycles. The van der Waals surface area contributed by atoms with E-state index in [9.17, 15) is 4.39 Å². The number of fused-ring (bicyclic) bond motifs is 1. The molecule has 1 heterocycles. The van der Waals surface area contributed by atoms with Crippen LogP contribution in [0.15, 0.2) is 36.4 Å². The molecule has 1 aliphatic rings. The first kappa shape index (κ1) is 13.0. The fourth-order valence-electron chi connectivity index (χ4n) is 2.45. The number of halogens is 1. The van der Waals surface area contributed by atoms with Crippen LogP contribution in [0.4, 0.5) is 4.39 Å². The first-order valence-electron chi connectivity index (χ1n) is 6.77. The molecule has 1 unspecified atom stereocenters. The third-order valence-corrected chi connectivity index (χ3v) is 3.53. The molecule has 0 N–H and O–H groups in total. The third kappa shape index (κ3) is 2.62. The molecule has 0 aliphatic carbocycles. The van der Waals surface area contributed by atoms with E-state index in [-0.39, 0.29) is 11.9 Å². The van der Waals surface area contributed by atoms with Gasteiger partial charge in [0, 0.05) is 12.5 Å². The van der Waals surface area contributed by atoms with Crippen molar-refractivity contribution in [2.24, 2.45) is 0 Å². The quantitative estimate of drug-likeness (QED) is 0.845. The van der Waals surface area contributed by atoms with Crippen molar-refractivity contribution in [1.29, 1.82) is 0 Å². The van der Waals surface area contributed by atoms with Crippen molar-refractivity contribution in [3.05, 3.63) is 58.9 Å². The number of rotatable bonds is 3. The molecule has 0 bridgehead atoms. The fraction of sp³-hybridized carbons (Fsp3) is 0.294. The van der Waals surface area contributed by atoms with Gasteiger partial charge in [0.15, 0.2) is 0 Å². The molecule has 2 aromatic carbocycles. The van der Waals surface area contributed by atoms with E-state index in [0.717, 1.165) is 17.7 Å². The number of hydrogen-bond donors (Lipinski definition) is 0. The number of hydrogen-bond acceptors (Lipinski definition) is 2. The zero-order valence-electron chi connectivity index (χ0n) is 11.7. The maximum atomic E-state index is 13.2. The Labute approximate surface area is 118 Å². The highest BCUT2D eigenvalue weighted by molar-refractivity contribution is 5.40. The van der Waals surface area contributed by atoms with Crippen molar-refractivity contribution in [3.63, 3.8) is 0 Å². The Morgan fingerprint density at radius 1 is 1.20 bits per heavy atom. The Hall–Kier alpha value is -2.03. The molecule has 3 heteroatoms. The van der Waals surface area contributed by atoms with Crippen molar-refractivity contribution in [2.45, 2.75) is 26.4 Å². The van der Waals surface area contributed by atoms with E-state index in [1.54, 1.807) is 6.07 Å². The van der Waals surface area contributed by atoms with Crippen LogP contribution >= 0.6 is 0 Å². The minimum absolute atomic E-state index is 0.00512. The van der Waals surface area contributed by atoms with Crippen LogP contribution in [0.5, 0.6) is 11.5 Å². The molecule has 1 atom stereocenters. The third-order valence-electron chi connectivity index (χ3n) is 3.53. The Bertz CT molecular complexity index is 637. The van der Waals surface area contributed by atoms with Crippen LogP contribution in [-0.4, -0.2) is 12.7 Å². The Kier molecular flexibility index (Phi) is 3.35. The monoisotopic (exact) mass is 272 g/mol. The second-order valence-electron chi connectivity index (χ2n) is 5.28. The molecule has 3 rings (SSSR count). The standard InChI is InChI=1S/C17H17FO2/c1-11-3-6-16-13(7-11)8-15(20-16)10-19-17-9-14(18)5-4-12(17)2/h3-7,9,15H,8,10H2,1-2H3. The second kappa shape index (κ2) is 5.16. The van der Waals surface area contributed by atoms with Crippen LogP contribution in [0.1, 0.15) is 16.7 Å². The Morgan fingerprint density at radius 3 is 2.90 bits per heavy atom. The zero-order valence-corrected chi connectivity index (χ0v) is 11.7. The van der Waals surface area contributed by atoms with Crippen molar-refractivity contribution in [3.8, 4) is 11.5 Å². The van der Waals surface area contributed by atoms with E-state index in [1.807, 2.05) is 19.1 Å². The molecule has 2 aromatic rings. The van der Waals surface area contributed by atoms with Crippen LogP contribution < -0.4 is 9.47 Å². The molecular weight excluding hydrogens is 255 g/mol. The number of ether oxygens (including phenoxy) is 2. The van der Waals surface area contributed by atoms with E-state index in [0.29, 0.717) is 12.4 Å². The van der Waals surface area contributed by atoms with Gasteiger partial charge in [-0.05, 0) is 37.1 Å². The summed E-state index contributed by atoms with van der Waals surface area (Å²) in [5.41, 5.74) is 3.38. The summed E-state index contributed by atoms with van der Waals surface area (Å²) < 4.78 is 24.7. The van der Waals surface area contributed by atoms with Gasteiger partial charge in [-0.2, -0.15) is 0 Å². The largest absolute Gasteiger partial charge is 0.489 e. The lowest BCUT2D eigenvalue weighted by atomic mass is 10.1. The van der Waals surface area contributed by atoms with Crippen LogP contribution in [0.25, 0.3) is 0 Å². The maximum absolute atomic E-state index is 13.2. The molecule has 0 radical (unpaired) electrons. The highest BCUT2D eigenvalue weighted by Crippen LogP contribution is 2.30. The lowest BCUT2D eigenvalue weighted by molar-refractivity contribution is 0.148. The summed E-state index contributed by atoms with van der Waals surface area (Å²) in [5.74, 6) is 1.23. The summed E-state index contributed by atoms with van der Waals surface area (Å²) in [7, 11) is 0. The average Bonchev–Trinajstić information content (AvgIpc) is 2.81. The van der Waals surface area contributed by atoms with Gasteiger partial charge in [0.25, 0.3) is 0 Å². The number of aryl methyl sites for hydroxylation is 2. The van der Waals surface area contributed by atoms with Crippen LogP contribution in [-0.2, 0) is 6.42 Å². The molecule has 0 spiro atoms. The molecule has 1 aliphatic heterocycles. The highest BCUT2D eigenvalue weighted by atomic mass is 19.1. The Morgan fingerprint density at radius 2 is 2.05 bits per heavy atom. The molecule has 104 valence electrons. The van der Waals surface area contributed by atoms with Gasteiger partial charge >= 0.3 is 0 Å². The van der Waals surface area contributed by atoms with E-state index < -0.39 is 0 Å². The van der Waals surface area contributed by atoms with Gasteiger partial charge in [-0.25, -0.2) is 4.39 Å². The number of benzene rings is 2. The minimum atomic E-state index is -0.281. The van der Waals surface area contributed by atoms with Crippen molar-refractivity contribution < 1.29 is 13.9 Å².